The molecule has 0 bridgehead atoms. The second-order valence-electron chi connectivity index (χ2n) is 7.64. The first-order valence-electron chi connectivity index (χ1n) is 9.81. The van der Waals surface area contributed by atoms with Gasteiger partial charge in [-0.25, -0.2) is 4.39 Å². The number of ether oxygens (including phenoxy) is 1. The summed E-state index contributed by atoms with van der Waals surface area (Å²) in [4.78, 5) is 4.34. The summed E-state index contributed by atoms with van der Waals surface area (Å²) in [6.45, 7) is 0.410. The zero-order chi connectivity index (χ0) is 19.6. The summed E-state index contributed by atoms with van der Waals surface area (Å²) >= 11 is 0. The molecular formula is C22H26FN3O2. The fourth-order valence-corrected chi connectivity index (χ4v) is 4.28. The van der Waals surface area contributed by atoms with E-state index in [9.17, 15) is 9.50 Å². The summed E-state index contributed by atoms with van der Waals surface area (Å²) in [7, 11) is 1.73. The number of phenols is 1. The fourth-order valence-electron chi connectivity index (χ4n) is 4.28. The molecule has 1 fully saturated rings. The first-order chi connectivity index (χ1) is 13.6. The van der Waals surface area contributed by atoms with Crippen molar-refractivity contribution in [2.45, 2.75) is 50.3 Å². The summed E-state index contributed by atoms with van der Waals surface area (Å²) in [6.07, 6.45) is 5.47. The Hall–Kier alpha value is -2.76. The molecule has 2 aliphatic rings. The van der Waals surface area contributed by atoms with Crippen LogP contribution in [-0.4, -0.2) is 23.7 Å². The molecule has 1 atom stereocenters. The Labute approximate surface area is 164 Å². The molecule has 2 aromatic carbocycles. The topological polar surface area (TPSA) is 65.9 Å². The lowest BCUT2D eigenvalue weighted by molar-refractivity contribution is 0.0396. The number of hydrogen-bond acceptors (Lipinski definition) is 3. The van der Waals surface area contributed by atoms with Crippen molar-refractivity contribution >= 4 is 5.96 Å². The summed E-state index contributed by atoms with van der Waals surface area (Å²) in [5.41, 5.74) is 1.78. The first-order valence-corrected chi connectivity index (χ1v) is 9.81. The highest BCUT2D eigenvalue weighted by Gasteiger charge is 2.43. The van der Waals surface area contributed by atoms with Gasteiger partial charge in [0.2, 0.25) is 0 Å². The van der Waals surface area contributed by atoms with Crippen molar-refractivity contribution in [1.82, 2.24) is 10.6 Å². The molecule has 4 rings (SSSR count). The number of para-hydroxylation sites is 1. The van der Waals surface area contributed by atoms with Gasteiger partial charge in [0.25, 0.3) is 0 Å². The van der Waals surface area contributed by atoms with Crippen molar-refractivity contribution in [3.8, 4) is 11.5 Å². The smallest absolute Gasteiger partial charge is 0.191 e. The Kier molecular flexibility index (Phi) is 5.11. The van der Waals surface area contributed by atoms with Crippen molar-refractivity contribution in [1.29, 1.82) is 0 Å². The largest absolute Gasteiger partial charge is 0.505 e. The van der Waals surface area contributed by atoms with Crippen LogP contribution in [0.3, 0.4) is 0 Å². The SMILES string of the molecule is CN=C(NCc1ccc(O)c(F)c1)NC1CC2(CCCC2)Oc2ccccc21. The average Bonchev–Trinajstić information content (AvgIpc) is 3.14. The minimum atomic E-state index is -0.622. The Balaban J connectivity index is 1.48. The van der Waals surface area contributed by atoms with Crippen LogP contribution in [0.25, 0.3) is 0 Å². The summed E-state index contributed by atoms with van der Waals surface area (Å²) < 4.78 is 20.0. The van der Waals surface area contributed by atoms with Crippen LogP contribution in [0.15, 0.2) is 47.5 Å². The van der Waals surface area contributed by atoms with Crippen LogP contribution in [0, 0.1) is 5.82 Å². The number of aromatic hydroxyl groups is 1. The second-order valence-corrected chi connectivity index (χ2v) is 7.64. The minimum Gasteiger partial charge on any atom is -0.505 e. The van der Waals surface area contributed by atoms with Crippen LogP contribution in [0.2, 0.25) is 0 Å². The van der Waals surface area contributed by atoms with Gasteiger partial charge in [0.15, 0.2) is 17.5 Å². The van der Waals surface area contributed by atoms with Crippen molar-refractivity contribution in [2.24, 2.45) is 4.99 Å². The number of benzene rings is 2. The summed E-state index contributed by atoms with van der Waals surface area (Å²) in [5.74, 6) is 0.642. The van der Waals surface area contributed by atoms with Crippen LogP contribution in [0.1, 0.15) is 49.3 Å². The Bertz CT molecular complexity index is 878. The maximum absolute atomic E-state index is 13.6. The molecule has 6 heteroatoms. The number of fused-ring (bicyclic) bond motifs is 1. The van der Waals surface area contributed by atoms with E-state index in [-0.39, 0.29) is 17.4 Å². The van der Waals surface area contributed by atoms with Crippen LogP contribution >= 0.6 is 0 Å². The van der Waals surface area contributed by atoms with Gasteiger partial charge < -0.3 is 20.5 Å². The van der Waals surface area contributed by atoms with Crippen molar-refractivity contribution in [3.63, 3.8) is 0 Å². The van der Waals surface area contributed by atoms with Gasteiger partial charge in [0.05, 0.1) is 6.04 Å². The van der Waals surface area contributed by atoms with E-state index in [1.807, 2.05) is 18.2 Å². The van der Waals surface area contributed by atoms with Gasteiger partial charge in [-0.1, -0.05) is 24.3 Å². The summed E-state index contributed by atoms with van der Waals surface area (Å²) in [5, 5.41) is 16.1. The molecule has 1 unspecified atom stereocenters. The number of guanidine groups is 1. The lowest BCUT2D eigenvalue weighted by Crippen LogP contribution is -2.46. The van der Waals surface area contributed by atoms with Crippen molar-refractivity contribution in [2.75, 3.05) is 7.05 Å². The number of nitrogens with zero attached hydrogens (tertiary/aromatic N) is 1. The Morgan fingerprint density at radius 1 is 1.25 bits per heavy atom. The Morgan fingerprint density at radius 3 is 2.79 bits per heavy atom. The van der Waals surface area contributed by atoms with Crippen LogP contribution < -0.4 is 15.4 Å². The molecule has 1 spiro atoms. The monoisotopic (exact) mass is 383 g/mol. The molecule has 5 nitrogen and oxygen atoms in total. The van der Waals surface area contributed by atoms with Gasteiger partial charge >= 0.3 is 0 Å². The maximum Gasteiger partial charge on any atom is 0.191 e. The molecule has 0 radical (unpaired) electrons. The molecule has 3 N–H and O–H groups in total. The molecule has 148 valence electrons. The Morgan fingerprint density at radius 2 is 2.04 bits per heavy atom. The molecule has 28 heavy (non-hydrogen) atoms. The highest BCUT2D eigenvalue weighted by atomic mass is 19.1. The average molecular weight is 383 g/mol. The zero-order valence-electron chi connectivity index (χ0n) is 16.0. The molecule has 1 saturated carbocycles. The van der Waals surface area contributed by atoms with Crippen LogP contribution in [0.5, 0.6) is 11.5 Å². The third kappa shape index (κ3) is 3.77. The van der Waals surface area contributed by atoms with E-state index in [1.54, 1.807) is 13.1 Å². The van der Waals surface area contributed by atoms with Crippen molar-refractivity contribution in [3.05, 3.63) is 59.4 Å². The zero-order valence-corrected chi connectivity index (χ0v) is 16.0. The number of halogens is 1. The molecular weight excluding hydrogens is 357 g/mol. The van der Waals surface area contributed by atoms with E-state index < -0.39 is 5.82 Å². The van der Waals surface area contributed by atoms with E-state index in [4.69, 9.17) is 4.74 Å². The molecule has 1 heterocycles. The summed E-state index contributed by atoms with van der Waals surface area (Å²) in [6, 6.07) is 12.7. The molecule has 1 aliphatic carbocycles. The normalized spacial score (nSPS) is 20.5. The third-order valence-electron chi connectivity index (χ3n) is 5.72. The maximum atomic E-state index is 13.6. The van der Waals surface area contributed by atoms with Gasteiger partial charge in [-0.3, -0.25) is 4.99 Å². The highest BCUT2D eigenvalue weighted by Crippen LogP contribution is 2.46. The quantitative estimate of drug-likeness (QED) is 0.553. The van der Waals surface area contributed by atoms with Crippen LogP contribution in [-0.2, 0) is 6.54 Å². The van der Waals surface area contributed by atoms with E-state index in [2.05, 4.69) is 21.7 Å². The molecule has 0 saturated heterocycles. The van der Waals surface area contributed by atoms with Crippen LogP contribution in [0.4, 0.5) is 4.39 Å². The van der Waals surface area contributed by atoms with Gasteiger partial charge in [0, 0.05) is 25.6 Å². The van der Waals surface area contributed by atoms with E-state index in [0.29, 0.717) is 12.5 Å². The molecule has 0 aromatic heterocycles. The third-order valence-corrected chi connectivity index (χ3v) is 5.72. The van der Waals surface area contributed by atoms with Gasteiger partial charge in [-0.2, -0.15) is 0 Å². The number of phenolic OH excluding ortho intramolecular Hbond substituents is 1. The van der Waals surface area contributed by atoms with Gasteiger partial charge in [0.1, 0.15) is 11.4 Å². The van der Waals surface area contributed by atoms with E-state index in [1.165, 1.54) is 25.0 Å². The predicted molar refractivity (Wildman–Crippen MR) is 107 cm³/mol. The first kappa shape index (κ1) is 18.6. The lowest BCUT2D eigenvalue weighted by atomic mass is 9.86. The number of aliphatic imine (C=N–C) groups is 1. The second kappa shape index (κ2) is 7.70. The standard InChI is InChI=1S/C22H26FN3O2/c1-24-21(25-14-15-8-9-19(27)17(23)12-15)26-18-13-22(10-4-5-11-22)28-20-7-3-2-6-16(18)20/h2-3,6-9,12,18,27H,4-5,10-11,13-14H2,1H3,(H2,24,25,26). The van der Waals surface area contributed by atoms with Gasteiger partial charge in [-0.05, 0) is 49.4 Å². The van der Waals surface area contributed by atoms with Crippen molar-refractivity contribution < 1.29 is 14.2 Å². The molecule has 0 amide bonds. The predicted octanol–water partition coefficient (Wildman–Crippen LogP) is 4.03. The molecule has 2 aromatic rings. The number of hydrogen-bond donors (Lipinski definition) is 3. The lowest BCUT2D eigenvalue weighted by Gasteiger charge is -2.40. The van der Waals surface area contributed by atoms with E-state index in [0.717, 1.165) is 36.1 Å². The number of rotatable bonds is 3. The fraction of sp³-hybridized carbons (Fsp3) is 0.409. The molecule has 1 aliphatic heterocycles. The highest BCUT2D eigenvalue weighted by molar-refractivity contribution is 5.80. The number of nitrogens with one attached hydrogen (secondary N) is 2. The minimum absolute atomic E-state index is 0.0923. The van der Waals surface area contributed by atoms with Gasteiger partial charge in [-0.15, -0.1) is 0 Å². The van der Waals surface area contributed by atoms with E-state index >= 15 is 0 Å².